The zero-order valence-electron chi connectivity index (χ0n) is 16.5. The summed E-state index contributed by atoms with van der Waals surface area (Å²) in [7, 11) is 1.78. The van der Waals surface area contributed by atoms with Crippen molar-refractivity contribution in [2.75, 3.05) is 32.1 Å². The molecule has 2 rings (SSSR count). The van der Waals surface area contributed by atoms with Crippen LogP contribution >= 0.6 is 22.7 Å². The van der Waals surface area contributed by atoms with Crippen LogP contribution in [0.2, 0.25) is 0 Å². The number of quaternary nitrogens is 1. The number of carbonyl (C=O) groups is 3. The Kier molecular flexibility index (Phi) is 8.16. The highest BCUT2D eigenvalue weighted by molar-refractivity contribution is 7.17. The van der Waals surface area contributed by atoms with Gasteiger partial charge >= 0.3 is 5.97 Å². The summed E-state index contributed by atoms with van der Waals surface area (Å²) >= 11 is 2.81. The third-order valence-corrected chi connectivity index (χ3v) is 5.48. The molecular weight excluding hydrogens is 398 g/mol. The zero-order chi connectivity index (χ0) is 20.7. The number of anilines is 1. The molecule has 0 saturated carbocycles. The lowest BCUT2D eigenvalue weighted by Gasteiger charge is -2.15. The van der Waals surface area contributed by atoms with Crippen molar-refractivity contribution in [3.05, 3.63) is 28.5 Å². The SMILES string of the molecule is CCOC(=O)c1c(-c2cccs2)csc1NC(=O)C[NH+](C)CC(=O)NC(C)C. The Balaban J connectivity index is 2.09. The highest BCUT2D eigenvalue weighted by Gasteiger charge is 2.24. The van der Waals surface area contributed by atoms with Crippen LogP contribution in [-0.4, -0.2) is 50.6 Å². The van der Waals surface area contributed by atoms with Gasteiger partial charge in [0.2, 0.25) is 0 Å². The Morgan fingerprint density at radius 2 is 1.89 bits per heavy atom. The lowest BCUT2D eigenvalue weighted by atomic mass is 10.1. The summed E-state index contributed by atoms with van der Waals surface area (Å²) in [6, 6.07) is 3.89. The van der Waals surface area contributed by atoms with Crippen molar-refractivity contribution in [1.29, 1.82) is 0 Å². The molecule has 0 aliphatic heterocycles. The fourth-order valence-corrected chi connectivity index (χ4v) is 4.41. The van der Waals surface area contributed by atoms with E-state index in [1.807, 2.05) is 36.7 Å². The van der Waals surface area contributed by atoms with Gasteiger partial charge in [-0.1, -0.05) is 6.07 Å². The third-order valence-electron chi connectivity index (χ3n) is 3.68. The Morgan fingerprint density at radius 3 is 2.50 bits per heavy atom. The molecule has 152 valence electrons. The topological polar surface area (TPSA) is 88.9 Å². The van der Waals surface area contributed by atoms with Crippen LogP contribution in [0.4, 0.5) is 5.00 Å². The van der Waals surface area contributed by atoms with Crippen LogP contribution in [0.25, 0.3) is 10.4 Å². The summed E-state index contributed by atoms with van der Waals surface area (Å²) in [5, 5.41) is 9.86. The second kappa shape index (κ2) is 10.4. The summed E-state index contributed by atoms with van der Waals surface area (Å²) in [5.74, 6) is -0.831. The van der Waals surface area contributed by atoms with Crippen LogP contribution in [0.1, 0.15) is 31.1 Å². The molecule has 0 saturated heterocycles. The average Bonchev–Trinajstić information content (AvgIpc) is 3.22. The predicted octanol–water partition coefficient (Wildman–Crippen LogP) is 1.63. The maximum atomic E-state index is 12.5. The first-order valence-corrected chi connectivity index (χ1v) is 10.8. The minimum atomic E-state index is -0.459. The standard InChI is InChI=1S/C19H25N3O4S2/c1-5-26-19(25)17-13(14-7-6-8-27-14)11-28-18(17)21-16(24)10-22(4)9-15(23)20-12(2)3/h6-8,11-12H,5,9-10H2,1-4H3,(H,20,23)(H,21,24)/p+1. The van der Waals surface area contributed by atoms with Crippen molar-refractivity contribution in [2.45, 2.75) is 26.8 Å². The van der Waals surface area contributed by atoms with Crippen molar-refractivity contribution in [2.24, 2.45) is 0 Å². The van der Waals surface area contributed by atoms with Crippen LogP contribution in [0.5, 0.6) is 0 Å². The summed E-state index contributed by atoms with van der Waals surface area (Å²) in [5.41, 5.74) is 1.13. The Bertz CT molecular complexity index is 815. The Morgan fingerprint density at radius 1 is 1.18 bits per heavy atom. The molecule has 28 heavy (non-hydrogen) atoms. The first-order valence-electron chi connectivity index (χ1n) is 9.04. The average molecular weight is 425 g/mol. The highest BCUT2D eigenvalue weighted by atomic mass is 32.1. The number of thiophene rings is 2. The number of esters is 1. The predicted molar refractivity (Wildman–Crippen MR) is 112 cm³/mol. The Hall–Kier alpha value is -2.23. The van der Waals surface area contributed by atoms with Crippen molar-refractivity contribution >= 4 is 45.5 Å². The van der Waals surface area contributed by atoms with E-state index in [-0.39, 0.29) is 37.6 Å². The number of rotatable bonds is 9. The van der Waals surface area contributed by atoms with Gasteiger partial charge < -0.3 is 20.3 Å². The molecule has 0 fully saturated rings. The second-order valence-electron chi connectivity index (χ2n) is 6.63. The van der Waals surface area contributed by atoms with E-state index < -0.39 is 5.97 Å². The molecule has 2 heterocycles. The molecule has 0 aliphatic carbocycles. The molecule has 7 nitrogen and oxygen atoms in total. The molecule has 3 N–H and O–H groups in total. The fraction of sp³-hybridized carbons (Fsp3) is 0.421. The minimum Gasteiger partial charge on any atom is -0.462 e. The van der Waals surface area contributed by atoms with E-state index in [0.717, 1.165) is 15.3 Å². The quantitative estimate of drug-likeness (QED) is 0.534. The molecule has 0 aliphatic rings. The molecule has 2 amide bonds. The van der Waals surface area contributed by atoms with E-state index >= 15 is 0 Å². The van der Waals surface area contributed by atoms with Crippen LogP contribution in [-0.2, 0) is 14.3 Å². The number of amides is 2. The summed E-state index contributed by atoms with van der Waals surface area (Å²) < 4.78 is 5.18. The zero-order valence-corrected chi connectivity index (χ0v) is 18.1. The molecule has 0 aromatic carbocycles. The first kappa shape index (κ1) is 22.1. The maximum absolute atomic E-state index is 12.5. The van der Waals surface area contributed by atoms with Crippen molar-refractivity contribution in [3.63, 3.8) is 0 Å². The van der Waals surface area contributed by atoms with E-state index in [1.165, 1.54) is 22.7 Å². The molecular formula is C19H26N3O4S2+. The number of carbonyl (C=O) groups excluding carboxylic acids is 3. The number of hydrogen-bond acceptors (Lipinski definition) is 6. The van der Waals surface area contributed by atoms with Crippen molar-refractivity contribution < 1.29 is 24.0 Å². The summed E-state index contributed by atoms with van der Waals surface area (Å²) in [6.45, 7) is 6.08. The van der Waals surface area contributed by atoms with E-state index in [9.17, 15) is 14.4 Å². The van der Waals surface area contributed by atoms with Gasteiger partial charge in [0.15, 0.2) is 13.1 Å². The molecule has 0 radical (unpaired) electrons. The number of hydrogen-bond donors (Lipinski definition) is 3. The normalized spacial score (nSPS) is 11.9. The highest BCUT2D eigenvalue weighted by Crippen LogP contribution is 2.38. The van der Waals surface area contributed by atoms with E-state index in [2.05, 4.69) is 10.6 Å². The van der Waals surface area contributed by atoms with Gasteiger partial charge in [0, 0.05) is 21.9 Å². The molecule has 1 unspecified atom stereocenters. The smallest absolute Gasteiger partial charge is 0.341 e. The van der Waals surface area contributed by atoms with Gasteiger partial charge in [0.05, 0.1) is 13.7 Å². The molecule has 2 aromatic heterocycles. The Labute approximate surface area is 172 Å². The fourth-order valence-electron chi connectivity index (χ4n) is 2.62. The van der Waals surface area contributed by atoms with Crippen LogP contribution in [0.15, 0.2) is 22.9 Å². The van der Waals surface area contributed by atoms with Gasteiger partial charge in [-0.2, -0.15) is 0 Å². The van der Waals surface area contributed by atoms with E-state index in [0.29, 0.717) is 10.6 Å². The van der Waals surface area contributed by atoms with Crippen molar-refractivity contribution in [3.8, 4) is 10.4 Å². The molecule has 2 aromatic rings. The van der Waals surface area contributed by atoms with Crippen LogP contribution in [0, 0.1) is 0 Å². The minimum absolute atomic E-state index is 0.0584. The molecule has 9 heteroatoms. The molecule has 0 spiro atoms. The molecule has 1 atom stereocenters. The number of ether oxygens (including phenoxy) is 1. The molecule has 0 bridgehead atoms. The second-order valence-corrected chi connectivity index (χ2v) is 8.46. The van der Waals surface area contributed by atoms with Gasteiger partial charge in [-0.15, -0.1) is 22.7 Å². The first-order chi connectivity index (χ1) is 13.3. The monoisotopic (exact) mass is 424 g/mol. The van der Waals surface area contributed by atoms with Gasteiger partial charge in [0.1, 0.15) is 10.6 Å². The lowest BCUT2D eigenvalue weighted by Crippen LogP contribution is -3.11. The van der Waals surface area contributed by atoms with Crippen molar-refractivity contribution in [1.82, 2.24) is 5.32 Å². The van der Waals surface area contributed by atoms with Gasteiger partial charge in [-0.05, 0) is 32.2 Å². The van der Waals surface area contributed by atoms with E-state index in [4.69, 9.17) is 4.74 Å². The van der Waals surface area contributed by atoms with Gasteiger partial charge in [-0.25, -0.2) is 4.79 Å². The largest absolute Gasteiger partial charge is 0.462 e. The van der Waals surface area contributed by atoms with Crippen LogP contribution in [0.3, 0.4) is 0 Å². The lowest BCUT2D eigenvalue weighted by molar-refractivity contribution is -0.862. The van der Waals surface area contributed by atoms with Gasteiger partial charge in [0.25, 0.3) is 11.8 Å². The van der Waals surface area contributed by atoms with E-state index in [1.54, 1.807) is 14.0 Å². The third kappa shape index (κ3) is 6.15. The number of nitrogens with one attached hydrogen (secondary N) is 3. The maximum Gasteiger partial charge on any atom is 0.341 e. The number of likely N-dealkylation sites (N-methyl/N-ethyl adjacent to an activating group) is 1. The summed E-state index contributed by atoms with van der Waals surface area (Å²) in [4.78, 5) is 38.4. The van der Waals surface area contributed by atoms with Gasteiger partial charge in [-0.3, -0.25) is 9.59 Å². The van der Waals surface area contributed by atoms with Crippen LogP contribution < -0.4 is 15.5 Å². The summed E-state index contributed by atoms with van der Waals surface area (Å²) in [6.07, 6.45) is 0.